The van der Waals surface area contributed by atoms with Crippen LogP contribution in [0.1, 0.15) is 12.8 Å². The second kappa shape index (κ2) is 11.3. The Kier molecular flexibility index (Phi) is 9.49. The first-order valence-electron chi connectivity index (χ1n) is 9.68. The molecule has 8 heteroatoms. The minimum absolute atomic E-state index is 0. The Morgan fingerprint density at radius 1 is 1.21 bits per heavy atom. The number of rotatable bonds is 5. The van der Waals surface area contributed by atoms with E-state index in [1.54, 1.807) is 7.11 Å². The molecule has 0 bridgehead atoms. The van der Waals surface area contributed by atoms with Crippen molar-refractivity contribution in [1.82, 2.24) is 10.2 Å². The van der Waals surface area contributed by atoms with Gasteiger partial charge in [-0.15, -0.1) is 24.0 Å². The Hall–Kier alpha value is -0.870. The first kappa shape index (κ1) is 23.4. The predicted molar refractivity (Wildman–Crippen MR) is 130 cm³/mol. The molecule has 6 nitrogen and oxygen atoms in total. The molecule has 2 aliphatic heterocycles. The van der Waals surface area contributed by atoms with E-state index >= 15 is 0 Å². The number of thioether (sulfide) groups is 1. The highest BCUT2D eigenvalue weighted by atomic mass is 127. The van der Waals surface area contributed by atoms with Crippen molar-refractivity contribution in [3.63, 3.8) is 0 Å². The summed E-state index contributed by atoms with van der Waals surface area (Å²) in [4.78, 5) is 9.29. The fourth-order valence-corrected chi connectivity index (χ4v) is 4.61. The first-order chi connectivity index (χ1) is 13.2. The van der Waals surface area contributed by atoms with Crippen LogP contribution in [0.25, 0.3) is 0 Å². The number of hydrogen-bond donors (Lipinski definition) is 1. The molecule has 0 spiro atoms. The van der Waals surface area contributed by atoms with Crippen LogP contribution in [0.4, 0.5) is 5.69 Å². The minimum atomic E-state index is 0. The smallest absolute Gasteiger partial charge is 0.193 e. The molecule has 0 aromatic heterocycles. The van der Waals surface area contributed by atoms with E-state index < -0.39 is 0 Å². The molecule has 0 aliphatic carbocycles. The number of guanidine groups is 1. The molecule has 1 N–H and O–H groups in total. The predicted octanol–water partition coefficient (Wildman–Crippen LogP) is 2.92. The standard InChI is InChI=1S/C20H32N4O2S.HI/c1-21-19(22-16-20(27-3)8-14-26-15-9-20)24-12-10-23(11-13-24)17-6-4-5-7-18(17)25-2;/h4-7H,8-16H2,1-3H3,(H,21,22);1H. The van der Waals surface area contributed by atoms with Crippen LogP contribution in [0.3, 0.4) is 0 Å². The van der Waals surface area contributed by atoms with Gasteiger partial charge in [0.15, 0.2) is 5.96 Å². The van der Waals surface area contributed by atoms with Crippen LogP contribution in [-0.4, -0.2) is 82.0 Å². The number of benzene rings is 1. The van der Waals surface area contributed by atoms with Crippen molar-refractivity contribution in [2.75, 3.05) is 71.3 Å². The van der Waals surface area contributed by atoms with Crippen molar-refractivity contribution < 1.29 is 9.47 Å². The summed E-state index contributed by atoms with van der Waals surface area (Å²) in [6.45, 7) is 6.49. The molecule has 3 rings (SSSR count). The van der Waals surface area contributed by atoms with Crippen molar-refractivity contribution in [2.45, 2.75) is 17.6 Å². The molecule has 1 aromatic rings. The average molecular weight is 520 g/mol. The summed E-state index contributed by atoms with van der Waals surface area (Å²) in [5.74, 6) is 1.95. The maximum atomic E-state index is 5.55. The zero-order valence-electron chi connectivity index (χ0n) is 17.1. The molecule has 0 atom stereocenters. The van der Waals surface area contributed by atoms with E-state index in [0.717, 1.165) is 70.5 Å². The maximum Gasteiger partial charge on any atom is 0.193 e. The Bertz CT molecular complexity index is 632. The average Bonchev–Trinajstić information content (AvgIpc) is 2.75. The number of methoxy groups -OCH3 is 1. The second-order valence-corrected chi connectivity index (χ2v) is 8.32. The third kappa shape index (κ3) is 5.60. The van der Waals surface area contributed by atoms with E-state index in [-0.39, 0.29) is 28.7 Å². The highest BCUT2D eigenvalue weighted by Gasteiger charge is 2.32. The van der Waals surface area contributed by atoms with E-state index in [4.69, 9.17) is 9.47 Å². The van der Waals surface area contributed by atoms with Gasteiger partial charge < -0.3 is 24.6 Å². The topological polar surface area (TPSA) is 49.3 Å². The number of ether oxygens (including phenoxy) is 2. The highest BCUT2D eigenvalue weighted by Crippen LogP contribution is 2.33. The number of piperazine rings is 1. The lowest BCUT2D eigenvalue weighted by Crippen LogP contribution is -2.55. The van der Waals surface area contributed by atoms with E-state index in [9.17, 15) is 0 Å². The molecule has 0 unspecified atom stereocenters. The number of para-hydroxylation sites is 2. The lowest BCUT2D eigenvalue weighted by Gasteiger charge is -2.40. The van der Waals surface area contributed by atoms with Crippen LogP contribution in [0.2, 0.25) is 0 Å². The third-order valence-electron chi connectivity index (χ3n) is 5.62. The lowest BCUT2D eigenvalue weighted by molar-refractivity contribution is 0.0781. The van der Waals surface area contributed by atoms with Crippen molar-refractivity contribution in [1.29, 1.82) is 0 Å². The Labute approximate surface area is 190 Å². The van der Waals surface area contributed by atoms with E-state index in [1.165, 1.54) is 5.69 Å². The van der Waals surface area contributed by atoms with Crippen molar-refractivity contribution in [3.8, 4) is 5.75 Å². The molecule has 1 aromatic carbocycles. The fraction of sp³-hybridized carbons (Fsp3) is 0.650. The van der Waals surface area contributed by atoms with E-state index in [1.807, 2.05) is 30.9 Å². The summed E-state index contributed by atoms with van der Waals surface area (Å²) in [7, 11) is 3.61. The van der Waals surface area contributed by atoms with Crippen molar-refractivity contribution in [2.24, 2.45) is 4.99 Å². The fourth-order valence-electron chi connectivity index (χ4n) is 3.82. The minimum Gasteiger partial charge on any atom is -0.495 e. The zero-order valence-corrected chi connectivity index (χ0v) is 20.3. The van der Waals surface area contributed by atoms with Gasteiger partial charge in [0.1, 0.15) is 5.75 Å². The number of nitrogens with zero attached hydrogens (tertiary/aromatic N) is 3. The SMILES string of the molecule is CN=C(NCC1(SC)CCOCC1)N1CCN(c2ccccc2OC)CC1.I. The molecule has 0 saturated carbocycles. The Morgan fingerprint density at radius 2 is 1.89 bits per heavy atom. The molecule has 2 heterocycles. The summed E-state index contributed by atoms with van der Waals surface area (Å²) >= 11 is 1.96. The molecule has 158 valence electrons. The van der Waals surface area contributed by atoms with Gasteiger partial charge >= 0.3 is 0 Å². The lowest BCUT2D eigenvalue weighted by atomic mass is 9.99. The summed E-state index contributed by atoms with van der Waals surface area (Å²) in [6.07, 6.45) is 4.40. The maximum absolute atomic E-state index is 5.55. The highest BCUT2D eigenvalue weighted by molar-refractivity contribution is 14.0. The third-order valence-corrected chi connectivity index (χ3v) is 7.04. The first-order valence-corrected chi connectivity index (χ1v) is 10.9. The van der Waals surface area contributed by atoms with Gasteiger partial charge in [-0.05, 0) is 31.2 Å². The van der Waals surface area contributed by atoms with E-state index in [0.29, 0.717) is 0 Å². The number of aliphatic imine (C=N–C) groups is 1. The molecular weight excluding hydrogens is 487 g/mol. The van der Waals surface area contributed by atoms with Crippen molar-refractivity contribution >= 4 is 47.4 Å². The van der Waals surface area contributed by atoms with Crippen LogP contribution in [-0.2, 0) is 4.74 Å². The van der Waals surface area contributed by atoms with Gasteiger partial charge in [0.2, 0.25) is 0 Å². The molecular formula is C20H33IN4O2S. The summed E-state index contributed by atoms with van der Waals surface area (Å²) < 4.78 is 11.3. The van der Waals surface area contributed by atoms with Gasteiger partial charge in [0, 0.05) is 57.7 Å². The molecule has 2 fully saturated rings. The van der Waals surface area contributed by atoms with Gasteiger partial charge in [-0.1, -0.05) is 12.1 Å². The van der Waals surface area contributed by atoms with Crippen LogP contribution in [0, 0.1) is 0 Å². The van der Waals surface area contributed by atoms with Crippen LogP contribution < -0.4 is 15.0 Å². The van der Waals surface area contributed by atoms with Crippen LogP contribution in [0.5, 0.6) is 5.75 Å². The monoisotopic (exact) mass is 520 g/mol. The van der Waals surface area contributed by atoms with Gasteiger partial charge in [-0.3, -0.25) is 4.99 Å². The normalized spacial score (nSPS) is 19.8. The second-order valence-electron chi connectivity index (χ2n) is 7.05. The number of anilines is 1. The van der Waals surface area contributed by atoms with Gasteiger partial charge in [0.25, 0.3) is 0 Å². The number of hydrogen-bond acceptors (Lipinski definition) is 5. The Balaban J connectivity index is 0.00000280. The summed E-state index contributed by atoms with van der Waals surface area (Å²) in [5.41, 5.74) is 1.17. The quantitative estimate of drug-likeness (QED) is 0.366. The van der Waals surface area contributed by atoms with Gasteiger partial charge in [-0.2, -0.15) is 11.8 Å². The number of halogens is 1. The van der Waals surface area contributed by atoms with Crippen LogP contribution >= 0.6 is 35.7 Å². The molecule has 0 amide bonds. The molecule has 2 saturated heterocycles. The van der Waals surface area contributed by atoms with E-state index in [2.05, 4.69) is 38.5 Å². The molecule has 2 aliphatic rings. The molecule has 0 radical (unpaired) electrons. The van der Waals surface area contributed by atoms with Gasteiger partial charge in [-0.25, -0.2) is 0 Å². The summed E-state index contributed by atoms with van der Waals surface area (Å²) in [6, 6.07) is 8.25. The largest absolute Gasteiger partial charge is 0.495 e. The Morgan fingerprint density at radius 3 is 2.50 bits per heavy atom. The number of nitrogens with one attached hydrogen (secondary N) is 1. The zero-order chi connectivity index (χ0) is 19.1. The van der Waals surface area contributed by atoms with Crippen molar-refractivity contribution in [3.05, 3.63) is 24.3 Å². The summed E-state index contributed by atoms with van der Waals surface area (Å²) in [5, 5.41) is 3.63. The van der Waals surface area contributed by atoms with Crippen LogP contribution in [0.15, 0.2) is 29.3 Å². The molecule has 28 heavy (non-hydrogen) atoms. The van der Waals surface area contributed by atoms with Gasteiger partial charge in [0.05, 0.1) is 12.8 Å².